The Morgan fingerprint density at radius 1 is 1.32 bits per heavy atom. The predicted octanol–water partition coefficient (Wildman–Crippen LogP) is 2.64. The summed E-state index contributed by atoms with van der Waals surface area (Å²) in [6, 6.07) is 2.85. The average Bonchev–Trinajstić information content (AvgIpc) is 2.83. The quantitative estimate of drug-likeness (QED) is 0.751. The van der Waals surface area contributed by atoms with E-state index in [2.05, 4.69) is 9.84 Å². The molecule has 0 aliphatic rings. The van der Waals surface area contributed by atoms with Gasteiger partial charge in [0.2, 0.25) is 0 Å². The highest BCUT2D eigenvalue weighted by Crippen LogP contribution is 2.29. The van der Waals surface area contributed by atoms with E-state index < -0.39 is 24.3 Å². The second-order valence-corrected chi connectivity index (χ2v) is 5.65. The van der Waals surface area contributed by atoms with Crippen LogP contribution in [0.5, 0.6) is 5.75 Å². The van der Waals surface area contributed by atoms with Crippen LogP contribution in [0.1, 0.15) is 24.9 Å². The predicted molar refractivity (Wildman–Crippen MR) is 85.7 cm³/mol. The van der Waals surface area contributed by atoms with Crippen molar-refractivity contribution in [3.05, 3.63) is 39.0 Å². The number of hydrogen-bond acceptors (Lipinski definition) is 5. The molecule has 10 heteroatoms. The van der Waals surface area contributed by atoms with Crippen molar-refractivity contribution in [3.8, 4) is 11.4 Å². The van der Waals surface area contributed by atoms with Crippen LogP contribution in [0.15, 0.2) is 16.9 Å². The number of carbonyl (C=O) groups excluding carboxylic acids is 1. The van der Waals surface area contributed by atoms with E-state index in [-0.39, 0.29) is 26.9 Å². The van der Waals surface area contributed by atoms with Crippen LogP contribution >= 0.6 is 11.6 Å². The zero-order valence-corrected chi connectivity index (χ0v) is 14.7. The highest BCUT2D eigenvalue weighted by atomic mass is 35.5. The summed E-state index contributed by atoms with van der Waals surface area (Å²) in [4.78, 5) is 23.7. The summed E-state index contributed by atoms with van der Waals surface area (Å²) in [7, 11) is 1.22. The van der Waals surface area contributed by atoms with Gasteiger partial charge < -0.3 is 9.47 Å². The van der Waals surface area contributed by atoms with Crippen LogP contribution in [0.2, 0.25) is 5.02 Å². The number of aryl methyl sites for hydroxylation is 2. The van der Waals surface area contributed by atoms with E-state index in [9.17, 15) is 18.4 Å². The molecule has 0 aliphatic carbocycles. The summed E-state index contributed by atoms with van der Waals surface area (Å²) < 4.78 is 37.0. The number of halogens is 3. The molecule has 2 aromatic rings. The molecule has 2 rings (SSSR count). The first kappa shape index (κ1) is 18.9. The van der Waals surface area contributed by atoms with E-state index in [4.69, 9.17) is 16.3 Å². The van der Waals surface area contributed by atoms with Crippen LogP contribution in [0, 0.1) is 13.8 Å². The van der Waals surface area contributed by atoms with Gasteiger partial charge in [-0.15, -0.1) is 5.10 Å². The maximum atomic E-state index is 13.0. The SMILES string of the molecule is COC(=O)C(C)Oc1cc(-n2nc(C)n(C(F)F)c2=O)c(Cl)cc1C. The fraction of sp³-hybridized carbons (Fsp3) is 0.400. The molecule has 1 aromatic heterocycles. The summed E-state index contributed by atoms with van der Waals surface area (Å²) in [5, 5.41) is 3.94. The van der Waals surface area contributed by atoms with Gasteiger partial charge in [-0.3, -0.25) is 0 Å². The van der Waals surface area contributed by atoms with Crippen molar-refractivity contribution in [2.45, 2.75) is 33.4 Å². The lowest BCUT2D eigenvalue weighted by molar-refractivity contribution is -0.147. The van der Waals surface area contributed by atoms with Gasteiger partial charge in [0, 0.05) is 6.07 Å². The first-order valence-electron chi connectivity index (χ1n) is 7.18. The molecule has 0 saturated heterocycles. The first-order valence-corrected chi connectivity index (χ1v) is 7.56. The van der Waals surface area contributed by atoms with Gasteiger partial charge in [0.25, 0.3) is 0 Å². The van der Waals surface area contributed by atoms with Gasteiger partial charge in [0.1, 0.15) is 11.6 Å². The monoisotopic (exact) mass is 375 g/mol. The van der Waals surface area contributed by atoms with Gasteiger partial charge in [-0.25, -0.2) is 14.2 Å². The third-order valence-electron chi connectivity index (χ3n) is 3.49. The molecule has 0 saturated carbocycles. The first-order chi connectivity index (χ1) is 11.7. The molecule has 0 N–H and O–H groups in total. The fourth-order valence-electron chi connectivity index (χ4n) is 2.19. The summed E-state index contributed by atoms with van der Waals surface area (Å²) in [5.74, 6) is -0.513. The Bertz CT molecular complexity index is 863. The molecule has 1 aromatic carbocycles. The minimum atomic E-state index is -3.03. The van der Waals surface area contributed by atoms with Crippen LogP contribution in [0.4, 0.5) is 8.78 Å². The van der Waals surface area contributed by atoms with Gasteiger partial charge in [-0.05, 0) is 32.4 Å². The molecule has 0 aliphatic heterocycles. The lowest BCUT2D eigenvalue weighted by Crippen LogP contribution is -2.26. The van der Waals surface area contributed by atoms with Gasteiger partial charge in [-0.1, -0.05) is 11.6 Å². The Morgan fingerprint density at radius 3 is 2.48 bits per heavy atom. The van der Waals surface area contributed by atoms with Crippen molar-refractivity contribution in [1.82, 2.24) is 14.3 Å². The van der Waals surface area contributed by atoms with Gasteiger partial charge >= 0.3 is 18.2 Å². The Morgan fingerprint density at radius 2 is 1.96 bits per heavy atom. The van der Waals surface area contributed by atoms with Crippen LogP contribution in [0.25, 0.3) is 5.69 Å². The molecule has 0 fully saturated rings. The van der Waals surface area contributed by atoms with Gasteiger partial charge in [0.15, 0.2) is 6.10 Å². The summed E-state index contributed by atoms with van der Waals surface area (Å²) in [5.41, 5.74) is -0.389. The number of ether oxygens (including phenoxy) is 2. The number of rotatable bonds is 5. The number of carbonyl (C=O) groups is 1. The van der Waals surface area contributed by atoms with Crippen molar-refractivity contribution >= 4 is 17.6 Å². The molecule has 1 atom stereocenters. The number of aromatic nitrogens is 3. The lowest BCUT2D eigenvalue weighted by atomic mass is 10.2. The molecule has 7 nitrogen and oxygen atoms in total. The van der Waals surface area contributed by atoms with E-state index in [1.165, 1.54) is 33.1 Å². The van der Waals surface area contributed by atoms with Crippen LogP contribution in [-0.4, -0.2) is 33.5 Å². The Labute approximate surface area is 146 Å². The number of benzene rings is 1. The second-order valence-electron chi connectivity index (χ2n) is 5.24. The zero-order valence-electron chi connectivity index (χ0n) is 13.9. The maximum absolute atomic E-state index is 13.0. The van der Waals surface area contributed by atoms with Crippen molar-refractivity contribution in [2.24, 2.45) is 0 Å². The van der Waals surface area contributed by atoms with Crippen molar-refractivity contribution in [2.75, 3.05) is 7.11 Å². The molecular formula is C15H16ClF2N3O4. The topological polar surface area (TPSA) is 75.3 Å². The fourth-order valence-corrected chi connectivity index (χ4v) is 2.49. The summed E-state index contributed by atoms with van der Waals surface area (Å²) in [6.45, 7) is 1.42. The van der Waals surface area contributed by atoms with Crippen LogP contribution in [-0.2, 0) is 9.53 Å². The molecule has 1 unspecified atom stereocenters. The molecule has 136 valence electrons. The molecular weight excluding hydrogens is 360 g/mol. The molecule has 0 spiro atoms. The van der Waals surface area contributed by atoms with E-state index in [1.54, 1.807) is 6.92 Å². The normalized spacial score (nSPS) is 12.3. The van der Waals surface area contributed by atoms with Crippen LogP contribution < -0.4 is 10.4 Å². The smallest absolute Gasteiger partial charge is 0.355 e. The average molecular weight is 376 g/mol. The van der Waals surface area contributed by atoms with Crippen molar-refractivity contribution in [3.63, 3.8) is 0 Å². The highest BCUT2D eigenvalue weighted by molar-refractivity contribution is 6.32. The zero-order chi connectivity index (χ0) is 18.9. The minimum Gasteiger partial charge on any atom is -0.479 e. The molecule has 0 bridgehead atoms. The van der Waals surface area contributed by atoms with E-state index in [0.29, 0.717) is 5.56 Å². The van der Waals surface area contributed by atoms with Crippen LogP contribution in [0.3, 0.4) is 0 Å². The van der Waals surface area contributed by atoms with Crippen molar-refractivity contribution in [1.29, 1.82) is 0 Å². The number of hydrogen-bond donors (Lipinski definition) is 0. The molecule has 0 amide bonds. The van der Waals surface area contributed by atoms with Gasteiger partial charge in [0.05, 0.1) is 17.8 Å². The van der Waals surface area contributed by atoms with Crippen molar-refractivity contribution < 1.29 is 23.0 Å². The maximum Gasteiger partial charge on any atom is 0.355 e. The third-order valence-corrected chi connectivity index (χ3v) is 3.79. The van der Waals surface area contributed by atoms with Gasteiger partial charge in [-0.2, -0.15) is 13.5 Å². The summed E-state index contributed by atoms with van der Waals surface area (Å²) >= 11 is 6.13. The lowest BCUT2D eigenvalue weighted by Gasteiger charge is -2.16. The molecule has 25 heavy (non-hydrogen) atoms. The Balaban J connectivity index is 2.53. The number of methoxy groups -OCH3 is 1. The number of nitrogens with zero attached hydrogens (tertiary/aromatic N) is 3. The van der Waals surface area contributed by atoms with E-state index >= 15 is 0 Å². The second kappa shape index (κ2) is 7.22. The third kappa shape index (κ3) is 3.65. The van der Waals surface area contributed by atoms with E-state index in [0.717, 1.165) is 4.68 Å². The number of alkyl halides is 2. The number of esters is 1. The minimum absolute atomic E-state index is 0.0619. The molecule has 1 heterocycles. The Kier molecular flexibility index (Phi) is 5.46. The Hall–Kier alpha value is -2.42. The van der Waals surface area contributed by atoms with E-state index in [1.807, 2.05) is 0 Å². The molecule has 0 radical (unpaired) electrons. The highest BCUT2D eigenvalue weighted by Gasteiger charge is 2.22. The largest absolute Gasteiger partial charge is 0.479 e. The summed E-state index contributed by atoms with van der Waals surface area (Å²) in [6.07, 6.45) is -0.908. The standard InChI is InChI=1S/C15H16ClF2N3O4/c1-7-5-10(16)11(6-12(7)25-8(2)13(22)24-4)21-15(23)20(14(17)18)9(3)19-21/h5-6,8,14H,1-4H3.